The van der Waals surface area contributed by atoms with Crippen LogP contribution in [-0.2, 0) is 14.8 Å². The number of carboxylic acid groups (broad SMARTS) is 1. The second-order valence-corrected chi connectivity index (χ2v) is 10.6. The Morgan fingerprint density at radius 3 is 2.46 bits per heavy atom. The predicted octanol–water partition coefficient (Wildman–Crippen LogP) is 5.46. The van der Waals surface area contributed by atoms with Gasteiger partial charge in [0.15, 0.2) is 6.61 Å². The highest BCUT2D eigenvalue weighted by Gasteiger charge is 2.29. The normalized spacial score (nSPS) is 12.5. The molecule has 1 heterocycles. The molecule has 0 saturated heterocycles. The molecule has 0 amide bonds. The van der Waals surface area contributed by atoms with E-state index < -0.39 is 28.6 Å². The highest BCUT2D eigenvalue weighted by Crippen LogP contribution is 2.33. The molecule has 1 N–H and O–H groups in total. The van der Waals surface area contributed by atoms with Crippen molar-refractivity contribution in [2.45, 2.75) is 50.5 Å². The van der Waals surface area contributed by atoms with Crippen molar-refractivity contribution in [1.29, 1.82) is 0 Å². The molecule has 0 aliphatic carbocycles. The van der Waals surface area contributed by atoms with E-state index in [0.717, 1.165) is 41.5 Å². The fourth-order valence-electron chi connectivity index (χ4n) is 3.97. The van der Waals surface area contributed by atoms with Gasteiger partial charge in [0.05, 0.1) is 4.90 Å². The molecule has 186 valence electrons. The van der Waals surface area contributed by atoms with Crippen LogP contribution in [0.4, 0.5) is 0 Å². The topological polar surface area (TPSA) is 96.8 Å². The minimum Gasteiger partial charge on any atom is -0.482 e. The van der Waals surface area contributed by atoms with Gasteiger partial charge in [-0.2, -0.15) is 4.31 Å². The molecule has 0 aliphatic rings. The van der Waals surface area contributed by atoms with Gasteiger partial charge in [0.1, 0.15) is 5.75 Å². The highest BCUT2D eigenvalue weighted by molar-refractivity contribution is 7.89. The summed E-state index contributed by atoms with van der Waals surface area (Å²) in [6.45, 7) is 3.60. The number of unbranched alkanes of at least 4 members (excludes halogenated alkanes) is 2. The van der Waals surface area contributed by atoms with Crippen molar-refractivity contribution in [2.24, 2.45) is 0 Å². The third kappa shape index (κ3) is 6.90. The van der Waals surface area contributed by atoms with Crippen molar-refractivity contribution in [1.82, 2.24) is 9.29 Å². The van der Waals surface area contributed by atoms with Gasteiger partial charge in [0, 0.05) is 31.0 Å². The summed E-state index contributed by atoms with van der Waals surface area (Å²) in [4.78, 5) is 15.3. The van der Waals surface area contributed by atoms with E-state index in [2.05, 4.69) is 11.9 Å². The number of pyridine rings is 1. The van der Waals surface area contributed by atoms with Crippen molar-refractivity contribution in [3.63, 3.8) is 0 Å². The van der Waals surface area contributed by atoms with Crippen LogP contribution in [0, 0.1) is 6.92 Å². The Bertz CT molecular complexity index is 1240. The second-order valence-electron chi connectivity index (χ2n) is 8.56. The first-order valence-electron chi connectivity index (χ1n) is 11.7. The number of sulfonamides is 1. The van der Waals surface area contributed by atoms with E-state index in [1.165, 1.54) is 4.31 Å². The van der Waals surface area contributed by atoms with E-state index in [0.29, 0.717) is 12.2 Å². The Kier molecular flexibility index (Phi) is 9.01. The van der Waals surface area contributed by atoms with Crippen molar-refractivity contribution in [3.8, 4) is 16.9 Å². The number of aliphatic carboxylic acids is 1. The molecule has 0 saturated carbocycles. The van der Waals surface area contributed by atoms with Crippen LogP contribution in [0.3, 0.4) is 0 Å². The van der Waals surface area contributed by atoms with Gasteiger partial charge in [-0.1, -0.05) is 50.5 Å². The maximum absolute atomic E-state index is 13.6. The summed E-state index contributed by atoms with van der Waals surface area (Å²) in [6.07, 6.45) is 7.03. The summed E-state index contributed by atoms with van der Waals surface area (Å²) in [5.74, 6) is -0.674. The first kappa shape index (κ1) is 26.4. The summed E-state index contributed by atoms with van der Waals surface area (Å²) in [7, 11) is -2.19. The van der Waals surface area contributed by atoms with E-state index in [9.17, 15) is 13.2 Å². The molecule has 0 radical (unpaired) electrons. The van der Waals surface area contributed by atoms with Crippen LogP contribution >= 0.6 is 0 Å². The molecule has 1 unspecified atom stereocenters. The van der Waals surface area contributed by atoms with Crippen molar-refractivity contribution < 1.29 is 23.1 Å². The minimum atomic E-state index is -3.79. The Balaban J connectivity index is 1.89. The maximum Gasteiger partial charge on any atom is 0.341 e. The van der Waals surface area contributed by atoms with E-state index in [4.69, 9.17) is 9.84 Å². The summed E-state index contributed by atoms with van der Waals surface area (Å²) in [5.41, 5.74) is 3.62. The van der Waals surface area contributed by atoms with E-state index in [1.54, 1.807) is 61.9 Å². The van der Waals surface area contributed by atoms with E-state index >= 15 is 0 Å². The number of carboxylic acids is 1. The lowest BCUT2D eigenvalue weighted by Gasteiger charge is -2.28. The lowest BCUT2D eigenvalue weighted by molar-refractivity contribution is -0.139. The molecule has 35 heavy (non-hydrogen) atoms. The monoisotopic (exact) mass is 496 g/mol. The molecule has 0 spiro atoms. The maximum atomic E-state index is 13.6. The van der Waals surface area contributed by atoms with Crippen molar-refractivity contribution in [2.75, 3.05) is 13.7 Å². The highest BCUT2D eigenvalue weighted by atomic mass is 32.2. The number of benzene rings is 2. The SMILES string of the molecule is CCCCCC(c1cccc(OCC(=O)O)c1)N(C)S(=O)(=O)c1ccc(-c2cncc(C)c2)cc1. The summed E-state index contributed by atoms with van der Waals surface area (Å²) in [6, 6.07) is 15.4. The largest absolute Gasteiger partial charge is 0.482 e. The molecule has 3 aromatic rings. The van der Waals surface area contributed by atoms with Crippen LogP contribution in [0.5, 0.6) is 5.75 Å². The fraction of sp³-hybridized carbons (Fsp3) is 0.333. The first-order chi connectivity index (χ1) is 16.7. The van der Waals surface area contributed by atoms with Gasteiger partial charge in [-0.15, -0.1) is 0 Å². The molecule has 1 atom stereocenters. The molecule has 7 nitrogen and oxygen atoms in total. The molecule has 3 rings (SSSR count). The Labute approximate surface area is 207 Å². The number of hydrogen-bond acceptors (Lipinski definition) is 5. The number of aromatic nitrogens is 1. The Morgan fingerprint density at radius 1 is 1.06 bits per heavy atom. The number of carbonyl (C=O) groups is 1. The van der Waals surface area contributed by atoms with Gasteiger partial charge in [-0.3, -0.25) is 4.98 Å². The molecule has 8 heteroatoms. The van der Waals surface area contributed by atoms with Crippen LogP contribution < -0.4 is 4.74 Å². The van der Waals surface area contributed by atoms with Gasteiger partial charge in [0.25, 0.3) is 0 Å². The van der Waals surface area contributed by atoms with E-state index in [1.807, 2.05) is 19.1 Å². The number of nitrogens with zero attached hydrogens (tertiary/aromatic N) is 2. The number of rotatable bonds is 12. The Morgan fingerprint density at radius 2 is 1.80 bits per heavy atom. The standard InChI is InChI=1S/C27H32N2O5S/c1-4-5-6-10-26(22-8-7-9-24(16-22)34-19-27(30)31)29(3)35(32,33)25-13-11-21(12-14-25)23-15-20(2)17-28-18-23/h7-9,11-18,26H,4-6,10,19H2,1-3H3,(H,30,31). The van der Waals surface area contributed by atoms with Crippen LogP contribution in [0.2, 0.25) is 0 Å². The zero-order chi connectivity index (χ0) is 25.4. The summed E-state index contributed by atoms with van der Waals surface area (Å²) in [5, 5.41) is 8.91. The molecule has 2 aromatic carbocycles. The molecule has 0 fully saturated rings. The number of ether oxygens (including phenoxy) is 1. The first-order valence-corrected chi connectivity index (χ1v) is 13.1. The zero-order valence-electron chi connectivity index (χ0n) is 20.3. The molecule has 1 aromatic heterocycles. The predicted molar refractivity (Wildman–Crippen MR) is 136 cm³/mol. The summed E-state index contributed by atoms with van der Waals surface area (Å²) < 4.78 is 33.9. The lowest BCUT2D eigenvalue weighted by Crippen LogP contribution is -2.31. The van der Waals surface area contributed by atoms with Gasteiger partial charge < -0.3 is 9.84 Å². The van der Waals surface area contributed by atoms with Crippen LogP contribution in [0.25, 0.3) is 11.1 Å². The third-order valence-corrected chi connectivity index (χ3v) is 7.75. The van der Waals surface area contributed by atoms with Crippen LogP contribution in [0.15, 0.2) is 71.9 Å². The molecular weight excluding hydrogens is 464 g/mol. The van der Waals surface area contributed by atoms with Crippen LogP contribution in [0.1, 0.15) is 49.8 Å². The average Bonchev–Trinajstić information content (AvgIpc) is 2.85. The smallest absolute Gasteiger partial charge is 0.341 e. The number of hydrogen-bond donors (Lipinski definition) is 1. The fourth-order valence-corrected chi connectivity index (χ4v) is 5.34. The third-order valence-electron chi connectivity index (χ3n) is 5.86. The van der Waals surface area contributed by atoms with Crippen LogP contribution in [-0.4, -0.2) is 42.4 Å². The van der Waals surface area contributed by atoms with Gasteiger partial charge in [-0.25, -0.2) is 13.2 Å². The van der Waals surface area contributed by atoms with Crippen molar-refractivity contribution >= 4 is 16.0 Å². The quantitative estimate of drug-likeness (QED) is 0.334. The van der Waals surface area contributed by atoms with Crippen molar-refractivity contribution in [3.05, 3.63) is 78.1 Å². The summed E-state index contributed by atoms with van der Waals surface area (Å²) >= 11 is 0. The number of aryl methyl sites for hydroxylation is 1. The van der Waals surface area contributed by atoms with Gasteiger partial charge >= 0.3 is 5.97 Å². The van der Waals surface area contributed by atoms with E-state index in [-0.39, 0.29) is 4.90 Å². The average molecular weight is 497 g/mol. The minimum absolute atomic E-state index is 0.211. The van der Waals surface area contributed by atoms with Gasteiger partial charge in [-0.05, 0) is 60.4 Å². The zero-order valence-corrected chi connectivity index (χ0v) is 21.2. The lowest BCUT2D eigenvalue weighted by atomic mass is 10.0. The molecule has 0 bridgehead atoms. The Hall–Kier alpha value is -3.23. The molecule has 0 aliphatic heterocycles. The molecular formula is C27H32N2O5S. The second kappa shape index (κ2) is 12.0. The van der Waals surface area contributed by atoms with Gasteiger partial charge in [0.2, 0.25) is 10.0 Å².